The third-order valence-electron chi connectivity index (χ3n) is 5.47. The van der Waals surface area contributed by atoms with Gasteiger partial charge in [0.15, 0.2) is 0 Å². The molecule has 0 aromatic heterocycles. The van der Waals surface area contributed by atoms with Crippen molar-refractivity contribution in [2.75, 3.05) is 0 Å². The van der Waals surface area contributed by atoms with Crippen LogP contribution in [0.1, 0.15) is 129 Å². The third-order valence-corrected chi connectivity index (χ3v) is 6.76. The van der Waals surface area contributed by atoms with Crippen LogP contribution < -0.4 is 51.4 Å². The zero-order chi connectivity index (χ0) is 20.4. The number of aliphatic hydroxyl groups excluding tert-OH is 1. The van der Waals surface area contributed by atoms with E-state index in [1.54, 1.807) is 0 Å². The average molecular weight is 445 g/mol. The van der Waals surface area contributed by atoms with Gasteiger partial charge in [-0.15, -0.1) is 0 Å². The number of hydrogen-bond acceptors (Lipinski definition) is 4. The Morgan fingerprint density at radius 1 is 0.643 bits per heavy atom. The Hall–Kier alpha value is 1.51. The second kappa shape index (κ2) is 21.7. The van der Waals surface area contributed by atoms with E-state index in [2.05, 4.69) is 13.8 Å². The van der Waals surface area contributed by atoms with Crippen molar-refractivity contribution in [1.82, 2.24) is 0 Å². The minimum Gasteiger partial charge on any atom is -0.748 e. The second-order valence-electron chi connectivity index (χ2n) is 8.17. The van der Waals surface area contributed by atoms with Gasteiger partial charge in [0.1, 0.15) is 0 Å². The minimum atomic E-state index is -4.15. The van der Waals surface area contributed by atoms with E-state index in [0.29, 0.717) is 12.8 Å². The largest absolute Gasteiger partial charge is 1.00 e. The monoisotopic (exact) mass is 444 g/mol. The van der Waals surface area contributed by atoms with Gasteiger partial charge in [-0.05, 0) is 25.7 Å². The normalized spacial score (nSPS) is 13.9. The van der Waals surface area contributed by atoms with Gasteiger partial charge in [0.05, 0.1) is 16.2 Å². The van der Waals surface area contributed by atoms with E-state index >= 15 is 0 Å². The zero-order valence-corrected chi connectivity index (χ0v) is 22.9. The van der Waals surface area contributed by atoms with Gasteiger partial charge in [-0.1, -0.05) is 104 Å². The molecular formula is C22H45KO4S. The summed E-state index contributed by atoms with van der Waals surface area (Å²) in [5.74, 6) is 0. The number of rotatable bonds is 20. The Kier molecular flexibility index (Phi) is 24.6. The standard InChI is InChI=1S/C22H46O4S.K/c1-3-5-6-11-15-19-22(27(24,25)26)20-16-13-10-8-7-9-12-14-18-21(23)17-4-2;/h21-23H,3-20H2,1-2H3,(H,24,25,26);/q;+1/p-1. The summed E-state index contributed by atoms with van der Waals surface area (Å²) >= 11 is 0. The molecular weight excluding hydrogens is 399 g/mol. The van der Waals surface area contributed by atoms with Crippen molar-refractivity contribution >= 4 is 10.1 Å². The van der Waals surface area contributed by atoms with Crippen LogP contribution in [-0.2, 0) is 10.1 Å². The van der Waals surface area contributed by atoms with Crippen LogP contribution in [0.25, 0.3) is 0 Å². The maximum Gasteiger partial charge on any atom is 1.00 e. The molecule has 0 heterocycles. The van der Waals surface area contributed by atoms with Crippen LogP contribution in [0.5, 0.6) is 0 Å². The maximum absolute atomic E-state index is 11.4. The van der Waals surface area contributed by atoms with E-state index in [-0.39, 0.29) is 57.5 Å². The molecule has 0 aromatic rings. The van der Waals surface area contributed by atoms with Gasteiger partial charge < -0.3 is 9.66 Å². The van der Waals surface area contributed by atoms with Crippen molar-refractivity contribution in [3.8, 4) is 0 Å². The number of unbranched alkanes of at least 4 members (excludes halogenated alkanes) is 11. The summed E-state index contributed by atoms with van der Waals surface area (Å²) in [5, 5.41) is 9.01. The first-order valence-electron chi connectivity index (χ1n) is 11.5. The smallest absolute Gasteiger partial charge is 0.748 e. The molecule has 0 amide bonds. The summed E-state index contributed by atoms with van der Waals surface area (Å²) in [6.07, 6.45) is 18.2. The minimum absolute atomic E-state index is 0. The van der Waals surface area contributed by atoms with E-state index < -0.39 is 15.4 Å². The first kappa shape index (κ1) is 31.7. The fourth-order valence-electron chi connectivity index (χ4n) is 3.70. The first-order chi connectivity index (χ1) is 12.9. The molecule has 0 fully saturated rings. The predicted molar refractivity (Wildman–Crippen MR) is 114 cm³/mol. The van der Waals surface area contributed by atoms with Crippen molar-refractivity contribution in [3.63, 3.8) is 0 Å². The Bertz CT molecular complexity index is 415. The Morgan fingerprint density at radius 3 is 1.43 bits per heavy atom. The van der Waals surface area contributed by atoms with Crippen LogP contribution in [0.3, 0.4) is 0 Å². The van der Waals surface area contributed by atoms with Crippen molar-refractivity contribution in [2.45, 2.75) is 141 Å². The van der Waals surface area contributed by atoms with Gasteiger partial charge in [-0.25, -0.2) is 8.42 Å². The molecule has 0 rings (SSSR count). The van der Waals surface area contributed by atoms with Crippen LogP contribution in [0.15, 0.2) is 0 Å². The zero-order valence-electron chi connectivity index (χ0n) is 19.0. The molecule has 2 atom stereocenters. The van der Waals surface area contributed by atoms with Gasteiger partial charge in [-0.3, -0.25) is 0 Å². The van der Waals surface area contributed by atoms with Gasteiger partial charge in [-0.2, -0.15) is 0 Å². The predicted octanol–water partition coefficient (Wildman–Crippen LogP) is 3.33. The molecule has 164 valence electrons. The van der Waals surface area contributed by atoms with Crippen molar-refractivity contribution in [2.24, 2.45) is 0 Å². The number of hydrogen-bond donors (Lipinski definition) is 1. The van der Waals surface area contributed by atoms with Crippen LogP contribution in [0, 0.1) is 0 Å². The molecule has 0 aliphatic rings. The number of aliphatic hydroxyl groups is 1. The van der Waals surface area contributed by atoms with Crippen molar-refractivity contribution in [3.05, 3.63) is 0 Å². The summed E-state index contributed by atoms with van der Waals surface area (Å²) in [5.41, 5.74) is 0. The molecule has 0 bridgehead atoms. The van der Waals surface area contributed by atoms with Crippen molar-refractivity contribution < 1.29 is 69.5 Å². The summed E-state index contributed by atoms with van der Waals surface area (Å²) in [6.45, 7) is 4.26. The van der Waals surface area contributed by atoms with Gasteiger partial charge in [0, 0.05) is 5.25 Å². The Labute approximate surface area is 218 Å². The topological polar surface area (TPSA) is 77.4 Å². The van der Waals surface area contributed by atoms with Crippen LogP contribution in [0.2, 0.25) is 0 Å². The molecule has 4 nitrogen and oxygen atoms in total. The molecule has 1 N–H and O–H groups in total. The molecule has 0 aliphatic carbocycles. The van der Waals surface area contributed by atoms with Gasteiger partial charge in [0.25, 0.3) is 0 Å². The van der Waals surface area contributed by atoms with Gasteiger partial charge >= 0.3 is 51.4 Å². The van der Waals surface area contributed by atoms with E-state index in [1.807, 2.05) is 0 Å². The maximum atomic E-state index is 11.4. The van der Waals surface area contributed by atoms with Crippen LogP contribution in [0.4, 0.5) is 0 Å². The van der Waals surface area contributed by atoms with Gasteiger partial charge in [0.2, 0.25) is 0 Å². The molecule has 0 aromatic carbocycles. The summed E-state index contributed by atoms with van der Waals surface area (Å²) < 4.78 is 34.3. The molecule has 28 heavy (non-hydrogen) atoms. The summed E-state index contributed by atoms with van der Waals surface area (Å²) in [7, 11) is -4.15. The van der Waals surface area contributed by atoms with Crippen LogP contribution in [-0.4, -0.2) is 29.4 Å². The van der Waals surface area contributed by atoms with E-state index in [1.165, 1.54) is 38.5 Å². The molecule has 2 unspecified atom stereocenters. The van der Waals surface area contributed by atoms with E-state index in [4.69, 9.17) is 0 Å². The first-order valence-corrected chi connectivity index (χ1v) is 13.0. The molecule has 0 aliphatic heterocycles. The second-order valence-corrected chi connectivity index (χ2v) is 9.82. The third kappa shape index (κ3) is 20.8. The molecule has 0 radical (unpaired) electrons. The molecule has 0 saturated heterocycles. The Morgan fingerprint density at radius 2 is 1.04 bits per heavy atom. The van der Waals surface area contributed by atoms with E-state index in [9.17, 15) is 18.1 Å². The summed E-state index contributed by atoms with van der Waals surface area (Å²) in [6, 6.07) is 0. The average Bonchev–Trinajstić information content (AvgIpc) is 2.60. The fourth-order valence-corrected chi connectivity index (χ4v) is 4.61. The van der Waals surface area contributed by atoms with Crippen molar-refractivity contribution in [1.29, 1.82) is 0 Å². The van der Waals surface area contributed by atoms with E-state index in [0.717, 1.165) is 64.2 Å². The quantitative estimate of drug-likeness (QED) is 0.177. The summed E-state index contributed by atoms with van der Waals surface area (Å²) in [4.78, 5) is 0. The van der Waals surface area contributed by atoms with Crippen LogP contribution >= 0.6 is 0 Å². The Balaban J connectivity index is 0. The molecule has 0 spiro atoms. The fraction of sp³-hybridized carbons (Fsp3) is 1.00. The molecule has 0 saturated carbocycles. The molecule has 6 heteroatoms. The SMILES string of the molecule is CCCCCCCC(CCCCCCCCCCC(O)CCC)S(=O)(=O)[O-].[K+].